The van der Waals surface area contributed by atoms with E-state index in [1.807, 2.05) is 24.3 Å². The molecule has 1 N–H and O–H groups in total. The second-order valence-electron chi connectivity index (χ2n) is 7.11. The molecule has 2 rings (SSSR count). The first-order valence-electron chi connectivity index (χ1n) is 9.54. The molecule has 25 heavy (non-hydrogen) atoms. The van der Waals surface area contributed by atoms with Crippen LogP contribution < -0.4 is 10.1 Å². The minimum Gasteiger partial charge on any atom is -0.493 e. The van der Waals surface area contributed by atoms with Gasteiger partial charge in [-0.1, -0.05) is 20.8 Å². The van der Waals surface area contributed by atoms with Gasteiger partial charge in [-0.2, -0.15) is 0 Å². The number of hydrogen-bond donors (Lipinski definition) is 1. The van der Waals surface area contributed by atoms with Crippen LogP contribution in [0.5, 0.6) is 5.75 Å². The van der Waals surface area contributed by atoms with Crippen molar-refractivity contribution >= 4 is 5.91 Å². The van der Waals surface area contributed by atoms with Gasteiger partial charge in [0, 0.05) is 38.3 Å². The summed E-state index contributed by atoms with van der Waals surface area (Å²) in [4.78, 5) is 17.1. The number of piperazine rings is 1. The van der Waals surface area contributed by atoms with Crippen molar-refractivity contribution in [2.75, 3.05) is 52.4 Å². The van der Waals surface area contributed by atoms with Crippen LogP contribution in [0.4, 0.5) is 0 Å². The maximum absolute atomic E-state index is 12.2. The van der Waals surface area contributed by atoms with E-state index in [4.69, 9.17) is 4.74 Å². The maximum Gasteiger partial charge on any atom is 0.251 e. The number of ether oxygens (including phenoxy) is 1. The maximum atomic E-state index is 12.2. The van der Waals surface area contributed by atoms with E-state index in [2.05, 4.69) is 35.9 Å². The quantitative estimate of drug-likeness (QED) is 0.697. The summed E-state index contributed by atoms with van der Waals surface area (Å²) in [6.07, 6.45) is 0.994. The van der Waals surface area contributed by atoms with Crippen LogP contribution in [-0.2, 0) is 0 Å². The highest BCUT2D eigenvalue weighted by Gasteiger charge is 2.14. The van der Waals surface area contributed by atoms with Gasteiger partial charge >= 0.3 is 0 Å². The van der Waals surface area contributed by atoms with Gasteiger partial charge in [0.05, 0.1) is 6.61 Å². The Hall–Kier alpha value is -1.59. The summed E-state index contributed by atoms with van der Waals surface area (Å²) in [5.41, 5.74) is 0.688. The molecule has 0 bridgehead atoms. The number of nitrogens with zero attached hydrogens (tertiary/aromatic N) is 2. The molecule has 1 aliphatic heterocycles. The number of nitrogens with one attached hydrogen (secondary N) is 1. The topological polar surface area (TPSA) is 44.8 Å². The summed E-state index contributed by atoms with van der Waals surface area (Å²) in [7, 11) is 0. The molecule has 0 atom stereocenters. The van der Waals surface area contributed by atoms with Gasteiger partial charge in [-0.3, -0.25) is 4.79 Å². The zero-order valence-corrected chi connectivity index (χ0v) is 16.0. The Morgan fingerprint density at radius 1 is 1.12 bits per heavy atom. The van der Waals surface area contributed by atoms with Gasteiger partial charge in [-0.15, -0.1) is 0 Å². The molecular weight excluding hydrogens is 314 g/mol. The van der Waals surface area contributed by atoms with Crippen LogP contribution in [0.25, 0.3) is 0 Å². The Morgan fingerprint density at radius 3 is 2.36 bits per heavy atom. The lowest BCUT2D eigenvalue weighted by atomic mass is 10.2. The first-order chi connectivity index (χ1) is 12.1. The zero-order valence-electron chi connectivity index (χ0n) is 16.0. The van der Waals surface area contributed by atoms with Crippen LogP contribution in [0.1, 0.15) is 37.6 Å². The Labute approximate surface area is 152 Å². The SMILES string of the molecule is CCN1CCN(CCCNC(=O)c2ccc(OCC(C)C)cc2)CC1. The van der Waals surface area contributed by atoms with Gasteiger partial charge in [0.25, 0.3) is 5.91 Å². The summed E-state index contributed by atoms with van der Waals surface area (Å²) in [5, 5.41) is 3.01. The highest BCUT2D eigenvalue weighted by atomic mass is 16.5. The zero-order chi connectivity index (χ0) is 18.1. The van der Waals surface area contributed by atoms with Crippen LogP contribution in [0.2, 0.25) is 0 Å². The van der Waals surface area contributed by atoms with E-state index in [-0.39, 0.29) is 5.91 Å². The van der Waals surface area contributed by atoms with E-state index >= 15 is 0 Å². The summed E-state index contributed by atoms with van der Waals surface area (Å²) >= 11 is 0. The first-order valence-corrected chi connectivity index (χ1v) is 9.54. The average molecular weight is 348 g/mol. The summed E-state index contributed by atoms with van der Waals surface area (Å²) in [6.45, 7) is 14.7. The van der Waals surface area contributed by atoms with Gasteiger partial charge in [-0.05, 0) is 49.7 Å². The number of amides is 1. The molecule has 5 nitrogen and oxygen atoms in total. The largest absolute Gasteiger partial charge is 0.493 e. The summed E-state index contributed by atoms with van der Waals surface area (Å²) < 4.78 is 5.64. The summed E-state index contributed by atoms with van der Waals surface area (Å²) in [5.74, 6) is 1.30. The molecule has 1 amide bonds. The molecule has 1 heterocycles. The van der Waals surface area contributed by atoms with Crippen molar-refractivity contribution in [3.63, 3.8) is 0 Å². The van der Waals surface area contributed by atoms with E-state index < -0.39 is 0 Å². The summed E-state index contributed by atoms with van der Waals surface area (Å²) in [6, 6.07) is 7.39. The number of likely N-dealkylation sites (N-methyl/N-ethyl adjacent to an activating group) is 1. The Kier molecular flexibility index (Phi) is 8.22. The van der Waals surface area contributed by atoms with Crippen LogP contribution in [-0.4, -0.2) is 68.1 Å². The van der Waals surface area contributed by atoms with Gasteiger partial charge in [0.1, 0.15) is 5.75 Å². The van der Waals surface area contributed by atoms with E-state index in [1.54, 1.807) is 0 Å². The minimum absolute atomic E-state index is 0.00814. The van der Waals surface area contributed by atoms with E-state index in [0.717, 1.165) is 58.0 Å². The third-order valence-electron chi connectivity index (χ3n) is 4.55. The Bertz CT molecular complexity index is 508. The van der Waals surface area contributed by atoms with Crippen LogP contribution in [0, 0.1) is 5.92 Å². The predicted octanol–water partition coefficient (Wildman–Crippen LogP) is 2.48. The Balaban J connectivity index is 1.63. The third kappa shape index (κ3) is 7.04. The molecule has 0 unspecified atom stereocenters. The lowest BCUT2D eigenvalue weighted by molar-refractivity contribution is 0.0948. The van der Waals surface area contributed by atoms with E-state index in [1.165, 1.54) is 0 Å². The van der Waals surface area contributed by atoms with Gasteiger partial charge in [0.2, 0.25) is 0 Å². The van der Waals surface area contributed by atoms with Crippen molar-refractivity contribution in [3.05, 3.63) is 29.8 Å². The lowest BCUT2D eigenvalue weighted by Gasteiger charge is -2.33. The Morgan fingerprint density at radius 2 is 1.76 bits per heavy atom. The van der Waals surface area contributed by atoms with E-state index in [9.17, 15) is 4.79 Å². The number of hydrogen-bond acceptors (Lipinski definition) is 4. The predicted molar refractivity (Wildman–Crippen MR) is 102 cm³/mol. The van der Waals surface area contributed by atoms with Gasteiger partial charge < -0.3 is 19.9 Å². The fourth-order valence-corrected chi connectivity index (χ4v) is 2.90. The number of carbonyl (C=O) groups excluding carboxylic acids is 1. The van der Waals surface area contributed by atoms with Gasteiger partial charge in [-0.25, -0.2) is 0 Å². The second kappa shape index (κ2) is 10.4. The molecule has 1 fully saturated rings. The monoisotopic (exact) mass is 347 g/mol. The van der Waals surface area contributed by atoms with Crippen molar-refractivity contribution in [2.45, 2.75) is 27.2 Å². The van der Waals surface area contributed by atoms with Crippen molar-refractivity contribution in [2.24, 2.45) is 5.92 Å². The van der Waals surface area contributed by atoms with Crippen molar-refractivity contribution in [1.29, 1.82) is 0 Å². The van der Waals surface area contributed by atoms with Crippen LogP contribution >= 0.6 is 0 Å². The number of benzene rings is 1. The second-order valence-corrected chi connectivity index (χ2v) is 7.11. The smallest absolute Gasteiger partial charge is 0.251 e. The molecule has 0 aliphatic carbocycles. The normalized spacial score (nSPS) is 16.2. The highest BCUT2D eigenvalue weighted by Crippen LogP contribution is 2.13. The fourth-order valence-electron chi connectivity index (χ4n) is 2.90. The van der Waals surface area contributed by atoms with Crippen molar-refractivity contribution in [3.8, 4) is 5.75 Å². The number of carbonyl (C=O) groups is 1. The highest BCUT2D eigenvalue weighted by molar-refractivity contribution is 5.94. The van der Waals surface area contributed by atoms with Crippen molar-refractivity contribution in [1.82, 2.24) is 15.1 Å². The number of rotatable bonds is 9. The van der Waals surface area contributed by atoms with Gasteiger partial charge in [0.15, 0.2) is 0 Å². The lowest BCUT2D eigenvalue weighted by Crippen LogP contribution is -2.46. The fraction of sp³-hybridized carbons (Fsp3) is 0.650. The standard InChI is InChI=1S/C20H33N3O2/c1-4-22-12-14-23(15-13-22)11-5-10-21-20(24)18-6-8-19(9-7-18)25-16-17(2)3/h6-9,17H,4-5,10-16H2,1-3H3,(H,21,24). The molecule has 1 saturated heterocycles. The molecule has 1 aromatic rings. The van der Waals surface area contributed by atoms with Crippen LogP contribution in [0.15, 0.2) is 24.3 Å². The molecule has 0 spiro atoms. The molecule has 140 valence electrons. The molecule has 0 radical (unpaired) electrons. The average Bonchev–Trinajstić information content (AvgIpc) is 2.64. The van der Waals surface area contributed by atoms with Crippen molar-refractivity contribution < 1.29 is 9.53 Å². The van der Waals surface area contributed by atoms with Crippen LogP contribution in [0.3, 0.4) is 0 Å². The minimum atomic E-state index is -0.00814. The third-order valence-corrected chi connectivity index (χ3v) is 4.55. The molecule has 1 aliphatic rings. The molecule has 1 aromatic carbocycles. The van der Waals surface area contributed by atoms with E-state index in [0.29, 0.717) is 18.1 Å². The molecule has 0 saturated carbocycles. The molecule has 0 aromatic heterocycles. The first kappa shape index (κ1) is 19.7. The molecular formula is C20H33N3O2. The molecule has 5 heteroatoms.